The van der Waals surface area contributed by atoms with Crippen LogP contribution in [0.25, 0.3) is 0 Å². The molecule has 1 aromatic heterocycles. The normalized spacial score (nSPS) is 25.8. The molecule has 10 nitrogen and oxygen atoms in total. The summed E-state index contributed by atoms with van der Waals surface area (Å²) < 4.78 is 5.80. The Morgan fingerprint density at radius 1 is 1.47 bits per heavy atom. The molecule has 3 atom stereocenters. The zero-order chi connectivity index (χ0) is 22.8. The first-order chi connectivity index (χ1) is 15.4. The average molecular weight is 498 g/mol. The van der Waals surface area contributed by atoms with Crippen LogP contribution < -0.4 is 11.1 Å². The van der Waals surface area contributed by atoms with Crippen molar-refractivity contribution in [2.24, 2.45) is 5.16 Å². The van der Waals surface area contributed by atoms with E-state index >= 15 is 0 Å². The Bertz CT molecular complexity index is 988. The molecular formula is C19H23N5O5S3. The molecule has 13 heteroatoms. The Balaban J connectivity index is 1.49. The number of thiazole rings is 1. The lowest BCUT2D eigenvalue weighted by Gasteiger charge is -2.50. The Hall–Kier alpha value is -2.09. The van der Waals surface area contributed by atoms with Crippen LogP contribution in [0.15, 0.2) is 21.8 Å². The van der Waals surface area contributed by atoms with Crippen molar-refractivity contribution in [1.29, 1.82) is 0 Å². The van der Waals surface area contributed by atoms with E-state index in [1.54, 1.807) is 5.38 Å². The van der Waals surface area contributed by atoms with Crippen LogP contribution in [0.3, 0.4) is 0 Å². The Morgan fingerprint density at radius 2 is 2.28 bits per heavy atom. The molecule has 32 heavy (non-hydrogen) atoms. The second kappa shape index (κ2) is 9.81. The van der Waals surface area contributed by atoms with Crippen molar-refractivity contribution < 1.29 is 24.0 Å². The maximum atomic E-state index is 12.9. The van der Waals surface area contributed by atoms with Crippen molar-refractivity contribution in [2.75, 3.05) is 25.2 Å². The highest BCUT2D eigenvalue weighted by molar-refractivity contribution is 8.00. The standard InChI is InChI=1S/C19H23N5O5S3/c1-28-23-12(11-8-32-19(20)21-11)15(25)22-13-16(26)24-14(18(27)30)9(7-31-17(13)24)6-10-4-2-3-5-29-10/h8,10,13,17H,2-7H2,1H3,(H2,20,21)(H,22,25)(H,27,30)/b23-12+/t10?,13?,17-/m1/s1. The largest absolute Gasteiger partial charge is 0.398 e. The molecule has 0 aliphatic carbocycles. The first-order valence-corrected chi connectivity index (χ1v) is 12.4. The number of ether oxygens (including phenoxy) is 1. The zero-order valence-electron chi connectivity index (χ0n) is 17.3. The summed E-state index contributed by atoms with van der Waals surface area (Å²) in [6, 6.07) is -0.805. The number of aromatic nitrogens is 1. The molecule has 3 aliphatic heterocycles. The van der Waals surface area contributed by atoms with E-state index in [1.165, 1.54) is 23.8 Å². The average Bonchev–Trinajstić information content (AvgIpc) is 3.21. The van der Waals surface area contributed by atoms with E-state index in [0.717, 1.165) is 36.2 Å². The number of nitrogens with two attached hydrogens (primary N) is 1. The summed E-state index contributed by atoms with van der Waals surface area (Å²) in [4.78, 5) is 48.3. The molecular weight excluding hydrogens is 474 g/mol. The van der Waals surface area contributed by atoms with E-state index in [4.69, 9.17) is 15.3 Å². The van der Waals surface area contributed by atoms with E-state index in [2.05, 4.69) is 28.1 Å². The number of thiol groups is 1. The van der Waals surface area contributed by atoms with Crippen LogP contribution in [0.1, 0.15) is 31.4 Å². The van der Waals surface area contributed by atoms with E-state index in [9.17, 15) is 14.4 Å². The number of hydrogen-bond acceptors (Lipinski definition) is 10. The van der Waals surface area contributed by atoms with E-state index in [0.29, 0.717) is 24.5 Å². The van der Waals surface area contributed by atoms with Gasteiger partial charge in [-0.25, -0.2) is 4.98 Å². The molecule has 172 valence electrons. The monoisotopic (exact) mass is 497 g/mol. The van der Waals surface area contributed by atoms with Gasteiger partial charge in [0.1, 0.15) is 24.2 Å². The molecule has 4 heterocycles. The number of nitrogens with zero attached hydrogens (tertiary/aromatic N) is 3. The molecule has 2 unspecified atom stereocenters. The molecule has 0 bridgehead atoms. The third kappa shape index (κ3) is 4.51. The van der Waals surface area contributed by atoms with Crippen molar-refractivity contribution in [2.45, 2.75) is 43.2 Å². The number of nitrogen functional groups attached to an aromatic ring is 1. The summed E-state index contributed by atoms with van der Waals surface area (Å²) in [5, 5.41) is 7.43. The molecule has 2 amide bonds. The molecule has 0 spiro atoms. The molecule has 0 saturated carbocycles. The van der Waals surface area contributed by atoms with Crippen LogP contribution >= 0.6 is 35.7 Å². The molecule has 0 aromatic carbocycles. The van der Waals surface area contributed by atoms with E-state index < -0.39 is 22.4 Å². The number of nitrogens with one attached hydrogen (secondary N) is 1. The number of carbonyl (C=O) groups is 3. The number of anilines is 1. The lowest BCUT2D eigenvalue weighted by molar-refractivity contribution is -0.146. The van der Waals surface area contributed by atoms with Gasteiger partial charge in [0.25, 0.3) is 11.8 Å². The number of rotatable bonds is 7. The topological polar surface area (TPSA) is 136 Å². The molecule has 0 radical (unpaired) electrons. The summed E-state index contributed by atoms with van der Waals surface area (Å²) >= 11 is 6.68. The van der Waals surface area contributed by atoms with Gasteiger partial charge < -0.3 is 20.6 Å². The van der Waals surface area contributed by atoms with Crippen molar-refractivity contribution in [3.8, 4) is 0 Å². The number of fused-ring (bicyclic) bond motifs is 1. The summed E-state index contributed by atoms with van der Waals surface area (Å²) in [5.41, 5.74) is 6.99. The van der Waals surface area contributed by atoms with Gasteiger partial charge in [0.05, 0.1) is 11.8 Å². The van der Waals surface area contributed by atoms with Gasteiger partial charge in [0, 0.05) is 17.7 Å². The summed E-state index contributed by atoms with van der Waals surface area (Å²) in [6.07, 6.45) is 3.70. The van der Waals surface area contributed by atoms with E-state index in [1.807, 2.05) is 0 Å². The summed E-state index contributed by atoms with van der Waals surface area (Å²) in [5.74, 6) is -0.423. The van der Waals surface area contributed by atoms with Crippen molar-refractivity contribution >= 4 is 63.5 Å². The van der Waals surface area contributed by atoms with Crippen LogP contribution in [0.5, 0.6) is 0 Å². The van der Waals surface area contributed by atoms with Crippen molar-refractivity contribution in [3.63, 3.8) is 0 Å². The fourth-order valence-electron chi connectivity index (χ4n) is 3.98. The fourth-order valence-corrected chi connectivity index (χ4v) is 6.16. The molecule has 2 saturated heterocycles. The lowest BCUT2D eigenvalue weighted by Crippen LogP contribution is -2.71. The second-order valence-electron chi connectivity index (χ2n) is 7.50. The quantitative estimate of drug-likeness (QED) is 0.221. The number of carbonyl (C=O) groups excluding carboxylic acids is 3. The van der Waals surface area contributed by atoms with Gasteiger partial charge in [-0.15, -0.1) is 23.1 Å². The van der Waals surface area contributed by atoms with Crippen molar-refractivity contribution in [3.05, 3.63) is 22.3 Å². The molecule has 2 fully saturated rings. The Labute approximate surface area is 198 Å². The van der Waals surface area contributed by atoms with Gasteiger partial charge in [-0.3, -0.25) is 19.3 Å². The Kier molecular flexibility index (Phi) is 7.08. The van der Waals surface area contributed by atoms with Gasteiger partial charge in [-0.2, -0.15) is 0 Å². The highest BCUT2D eigenvalue weighted by Crippen LogP contribution is 2.42. The summed E-state index contributed by atoms with van der Waals surface area (Å²) in [7, 11) is 1.31. The second-order valence-corrected chi connectivity index (χ2v) is 9.91. The number of β-lactam (4-membered cyclic amide) rings is 1. The number of oxime groups is 1. The maximum absolute atomic E-state index is 12.9. The predicted molar refractivity (Wildman–Crippen MR) is 124 cm³/mol. The van der Waals surface area contributed by atoms with Crippen LogP contribution in [0, 0.1) is 0 Å². The van der Waals surface area contributed by atoms with Gasteiger partial charge in [0.2, 0.25) is 5.12 Å². The fraction of sp³-hybridized carbons (Fsp3) is 0.526. The minimum absolute atomic E-state index is 0.0452. The minimum atomic E-state index is -0.805. The first kappa shape index (κ1) is 23.1. The highest BCUT2D eigenvalue weighted by atomic mass is 32.2. The highest BCUT2D eigenvalue weighted by Gasteiger charge is 2.54. The third-order valence-corrected chi connectivity index (χ3v) is 7.67. The SMILES string of the molecule is CO/N=C(/C(=O)NC1C(=O)N2C(C(=O)S)=C(CC3CCCCO3)CS[C@H]12)c1csc(N)n1. The number of hydrogen-bond donors (Lipinski definition) is 3. The lowest BCUT2D eigenvalue weighted by atomic mass is 9.97. The predicted octanol–water partition coefficient (Wildman–Crippen LogP) is 1.15. The third-order valence-electron chi connectivity index (χ3n) is 5.45. The molecule has 3 aliphatic rings. The van der Waals surface area contributed by atoms with Crippen LogP contribution in [-0.2, 0) is 24.0 Å². The van der Waals surface area contributed by atoms with E-state index in [-0.39, 0.29) is 28.5 Å². The zero-order valence-corrected chi connectivity index (χ0v) is 19.8. The molecule has 1 aromatic rings. The molecule has 3 N–H and O–H groups in total. The van der Waals surface area contributed by atoms with Gasteiger partial charge in [-0.1, -0.05) is 17.8 Å². The smallest absolute Gasteiger partial charge is 0.276 e. The number of thioether (sulfide) groups is 1. The van der Waals surface area contributed by atoms with Crippen molar-refractivity contribution in [1.82, 2.24) is 15.2 Å². The van der Waals surface area contributed by atoms with Gasteiger partial charge >= 0.3 is 0 Å². The van der Waals surface area contributed by atoms with Gasteiger partial charge in [-0.05, 0) is 31.3 Å². The molecule has 4 rings (SSSR count). The first-order valence-electron chi connectivity index (χ1n) is 10.1. The van der Waals surface area contributed by atoms with Crippen LogP contribution in [0.4, 0.5) is 5.13 Å². The Morgan fingerprint density at radius 3 is 2.91 bits per heavy atom. The van der Waals surface area contributed by atoms with Crippen LogP contribution in [-0.4, -0.2) is 69.5 Å². The summed E-state index contributed by atoms with van der Waals surface area (Å²) in [6.45, 7) is 0.713. The number of amides is 2. The minimum Gasteiger partial charge on any atom is -0.398 e. The van der Waals surface area contributed by atoms with Crippen LogP contribution in [0.2, 0.25) is 0 Å². The maximum Gasteiger partial charge on any atom is 0.276 e. The van der Waals surface area contributed by atoms with Gasteiger partial charge in [0.15, 0.2) is 10.8 Å².